The van der Waals surface area contributed by atoms with Gasteiger partial charge in [0.15, 0.2) is 5.82 Å². The summed E-state index contributed by atoms with van der Waals surface area (Å²) in [7, 11) is 0. The Bertz CT molecular complexity index is 832. The van der Waals surface area contributed by atoms with Crippen LogP contribution in [0.5, 0.6) is 0 Å². The Morgan fingerprint density at radius 2 is 2.12 bits per heavy atom. The van der Waals surface area contributed by atoms with Crippen molar-refractivity contribution in [2.45, 2.75) is 32.2 Å². The topological polar surface area (TPSA) is 126 Å². The molecular formula is C17H19N5O4. The van der Waals surface area contributed by atoms with Crippen LogP contribution >= 0.6 is 0 Å². The van der Waals surface area contributed by atoms with Gasteiger partial charge < -0.3 is 20.5 Å². The maximum atomic E-state index is 12.2. The van der Waals surface area contributed by atoms with E-state index in [0.29, 0.717) is 42.4 Å². The van der Waals surface area contributed by atoms with Crippen LogP contribution in [0.4, 0.5) is 5.69 Å². The molecule has 0 radical (unpaired) electrons. The fourth-order valence-electron chi connectivity index (χ4n) is 2.62. The Balaban J connectivity index is 1.48. The van der Waals surface area contributed by atoms with Crippen molar-refractivity contribution in [2.24, 2.45) is 0 Å². The Labute approximate surface area is 149 Å². The van der Waals surface area contributed by atoms with E-state index < -0.39 is 11.9 Å². The number of para-hydroxylation sites is 1. The van der Waals surface area contributed by atoms with Crippen molar-refractivity contribution in [3.63, 3.8) is 0 Å². The van der Waals surface area contributed by atoms with Crippen LogP contribution in [0.2, 0.25) is 0 Å². The average Bonchev–Trinajstić information content (AvgIpc) is 2.98. The summed E-state index contributed by atoms with van der Waals surface area (Å²) in [6, 6.07) is 5.78. The molecule has 1 aromatic heterocycles. The van der Waals surface area contributed by atoms with Gasteiger partial charge in [0.2, 0.25) is 17.7 Å². The fourth-order valence-corrected chi connectivity index (χ4v) is 2.62. The highest BCUT2D eigenvalue weighted by atomic mass is 16.5. The molecule has 3 amide bonds. The number of hydrogen-bond donors (Lipinski definition) is 3. The molecule has 0 saturated carbocycles. The second-order valence-electron chi connectivity index (χ2n) is 5.95. The molecule has 2 heterocycles. The highest BCUT2D eigenvalue weighted by molar-refractivity contribution is 6.10. The molecule has 1 aliphatic heterocycles. The smallest absolute Gasteiger partial charge is 0.254 e. The van der Waals surface area contributed by atoms with Gasteiger partial charge in [-0.05, 0) is 25.5 Å². The Hall–Kier alpha value is -3.23. The second kappa shape index (κ2) is 7.77. The summed E-state index contributed by atoms with van der Waals surface area (Å²) in [5, 5.41) is 11.7. The fraction of sp³-hybridized carbons (Fsp3) is 0.353. The predicted molar refractivity (Wildman–Crippen MR) is 91.3 cm³/mol. The van der Waals surface area contributed by atoms with E-state index in [1.165, 1.54) is 0 Å². The zero-order chi connectivity index (χ0) is 18.5. The van der Waals surface area contributed by atoms with Gasteiger partial charge >= 0.3 is 0 Å². The van der Waals surface area contributed by atoms with Gasteiger partial charge in [-0.25, -0.2) is 0 Å². The number of carbonyl (C=O) groups is 3. The lowest BCUT2D eigenvalue weighted by Gasteiger charge is -2.14. The molecule has 9 nitrogen and oxygen atoms in total. The standard InChI is InChI=1S/C17H19N5O4/c1-10-19-15(26-22-10)7-4-8-18-14(23)9-13-17(25)20-12-6-3-2-5-11(12)16(24)21-13/h2-3,5-6,13H,4,7-9H2,1H3,(H,18,23)(H,20,25)(H,21,24)/t13-/m1/s1. The minimum atomic E-state index is -0.923. The third-order valence-corrected chi connectivity index (χ3v) is 3.90. The van der Waals surface area contributed by atoms with E-state index in [9.17, 15) is 14.4 Å². The molecule has 1 atom stereocenters. The van der Waals surface area contributed by atoms with Crippen LogP contribution in [0.1, 0.15) is 34.9 Å². The summed E-state index contributed by atoms with van der Waals surface area (Å²) in [6.45, 7) is 2.14. The molecule has 9 heteroatoms. The van der Waals surface area contributed by atoms with Crippen molar-refractivity contribution in [2.75, 3.05) is 11.9 Å². The van der Waals surface area contributed by atoms with Crippen molar-refractivity contribution in [1.29, 1.82) is 0 Å². The predicted octanol–water partition coefficient (Wildman–Crippen LogP) is 0.568. The van der Waals surface area contributed by atoms with Gasteiger partial charge in [-0.1, -0.05) is 17.3 Å². The van der Waals surface area contributed by atoms with Gasteiger partial charge in [-0.2, -0.15) is 4.98 Å². The van der Waals surface area contributed by atoms with E-state index in [0.717, 1.165) is 0 Å². The first-order valence-corrected chi connectivity index (χ1v) is 8.29. The lowest BCUT2D eigenvalue weighted by Crippen LogP contribution is -2.44. The SMILES string of the molecule is Cc1noc(CCCNC(=O)C[C@H]2NC(=O)c3ccccc3NC2=O)n1. The number of aromatic nitrogens is 2. The number of benzene rings is 1. The Morgan fingerprint density at radius 1 is 1.31 bits per heavy atom. The largest absolute Gasteiger partial charge is 0.356 e. The molecule has 136 valence electrons. The first-order chi connectivity index (χ1) is 12.5. The number of nitrogens with one attached hydrogen (secondary N) is 3. The van der Waals surface area contributed by atoms with Crippen LogP contribution in [0, 0.1) is 6.92 Å². The maximum Gasteiger partial charge on any atom is 0.254 e. The Kier molecular flexibility index (Phi) is 5.26. The van der Waals surface area contributed by atoms with E-state index in [4.69, 9.17) is 4.52 Å². The highest BCUT2D eigenvalue weighted by Crippen LogP contribution is 2.18. The van der Waals surface area contributed by atoms with Gasteiger partial charge in [-0.15, -0.1) is 0 Å². The summed E-state index contributed by atoms with van der Waals surface area (Å²) < 4.78 is 4.99. The number of amides is 3. The normalized spacial score (nSPS) is 16.3. The maximum absolute atomic E-state index is 12.2. The second-order valence-corrected chi connectivity index (χ2v) is 5.95. The first kappa shape index (κ1) is 17.6. The number of fused-ring (bicyclic) bond motifs is 1. The highest BCUT2D eigenvalue weighted by Gasteiger charge is 2.29. The summed E-state index contributed by atoms with van der Waals surface area (Å²) in [4.78, 5) is 40.6. The van der Waals surface area contributed by atoms with Crippen molar-refractivity contribution in [1.82, 2.24) is 20.8 Å². The zero-order valence-electron chi connectivity index (χ0n) is 14.2. The minimum Gasteiger partial charge on any atom is -0.356 e. The molecule has 0 unspecified atom stereocenters. The molecule has 3 rings (SSSR count). The number of aryl methyl sites for hydroxylation is 2. The molecule has 1 aromatic carbocycles. The summed E-state index contributed by atoms with van der Waals surface area (Å²) in [6.07, 6.45) is 1.05. The zero-order valence-corrected chi connectivity index (χ0v) is 14.2. The van der Waals surface area contributed by atoms with E-state index in [2.05, 4.69) is 26.1 Å². The molecule has 0 bridgehead atoms. The first-order valence-electron chi connectivity index (χ1n) is 8.29. The van der Waals surface area contributed by atoms with E-state index in [1.807, 2.05) is 0 Å². The van der Waals surface area contributed by atoms with Gasteiger partial charge in [-0.3, -0.25) is 14.4 Å². The minimum absolute atomic E-state index is 0.134. The Morgan fingerprint density at radius 3 is 2.88 bits per heavy atom. The van der Waals surface area contributed by atoms with Gasteiger partial charge in [0.1, 0.15) is 6.04 Å². The molecule has 0 saturated heterocycles. The van der Waals surface area contributed by atoms with E-state index >= 15 is 0 Å². The molecular weight excluding hydrogens is 338 g/mol. The van der Waals surface area contributed by atoms with E-state index in [1.54, 1.807) is 31.2 Å². The lowest BCUT2D eigenvalue weighted by atomic mass is 10.1. The average molecular weight is 357 g/mol. The quantitative estimate of drug-likeness (QED) is 0.649. The van der Waals surface area contributed by atoms with Crippen LogP contribution < -0.4 is 16.0 Å². The molecule has 0 spiro atoms. The summed E-state index contributed by atoms with van der Waals surface area (Å²) in [5.74, 6) is -0.0357. The van der Waals surface area contributed by atoms with Crippen LogP contribution in [-0.4, -0.2) is 40.4 Å². The van der Waals surface area contributed by atoms with Crippen molar-refractivity contribution < 1.29 is 18.9 Å². The van der Waals surface area contributed by atoms with Crippen LogP contribution in [0.3, 0.4) is 0 Å². The molecule has 1 aliphatic rings. The third kappa shape index (κ3) is 4.24. The number of hydrogen-bond acceptors (Lipinski definition) is 6. The van der Waals surface area contributed by atoms with Crippen molar-refractivity contribution >= 4 is 23.4 Å². The van der Waals surface area contributed by atoms with Crippen LogP contribution in [-0.2, 0) is 16.0 Å². The molecule has 0 aliphatic carbocycles. The number of rotatable bonds is 6. The number of carbonyl (C=O) groups excluding carboxylic acids is 3. The molecule has 0 fully saturated rings. The third-order valence-electron chi connectivity index (χ3n) is 3.90. The van der Waals surface area contributed by atoms with Gasteiger partial charge in [0.05, 0.1) is 17.7 Å². The van der Waals surface area contributed by atoms with Crippen LogP contribution in [0.15, 0.2) is 28.8 Å². The van der Waals surface area contributed by atoms with Gasteiger partial charge in [0, 0.05) is 13.0 Å². The summed E-state index contributed by atoms with van der Waals surface area (Å²) in [5.41, 5.74) is 0.811. The molecule has 2 aromatic rings. The summed E-state index contributed by atoms with van der Waals surface area (Å²) >= 11 is 0. The number of anilines is 1. The number of nitrogens with zero attached hydrogens (tertiary/aromatic N) is 2. The van der Waals surface area contributed by atoms with Gasteiger partial charge in [0.25, 0.3) is 5.91 Å². The monoisotopic (exact) mass is 357 g/mol. The van der Waals surface area contributed by atoms with Crippen LogP contribution in [0.25, 0.3) is 0 Å². The van der Waals surface area contributed by atoms with E-state index in [-0.39, 0.29) is 18.2 Å². The lowest BCUT2D eigenvalue weighted by molar-refractivity contribution is -0.125. The molecule has 26 heavy (non-hydrogen) atoms. The van der Waals surface area contributed by atoms with Crippen molar-refractivity contribution in [3.8, 4) is 0 Å². The molecule has 3 N–H and O–H groups in total. The van der Waals surface area contributed by atoms with Crippen molar-refractivity contribution in [3.05, 3.63) is 41.5 Å².